The molecule has 0 radical (unpaired) electrons. The first kappa shape index (κ1) is 11.2. The quantitative estimate of drug-likeness (QED) is 0.461. The number of halogens is 1. The van der Waals surface area contributed by atoms with Crippen LogP contribution >= 0.6 is 23.4 Å². The molecule has 0 aliphatic carbocycles. The van der Waals surface area contributed by atoms with Gasteiger partial charge in [-0.25, -0.2) is 4.98 Å². The highest BCUT2D eigenvalue weighted by atomic mass is 35.5. The van der Waals surface area contributed by atoms with Crippen molar-refractivity contribution in [1.29, 1.82) is 0 Å². The predicted molar refractivity (Wildman–Crippen MR) is 66.2 cm³/mol. The van der Waals surface area contributed by atoms with Crippen molar-refractivity contribution in [3.8, 4) is 0 Å². The zero-order valence-electron chi connectivity index (χ0n) is 8.43. The molecule has 1 aliphatic heterocycles. The number of nitrogens with zero attached hydrogens (tertiary/aromatic N) is 4. The van der Waals surface area contributed by atoms with E-state index in [-0.39, 0.29) is 0 Å². The maximum absolute atomic E-state index is 6.73. The van der Waals surface area contributed by atoms with Gasteiger partial charge in [-0.15, -0.1) is 4.95 Å². The summed E-state index contributed by atoms with van der Waals surface area (Å²) in [5.41, 5.74) is 1.07. The Labute approximate surface area is 103 Å². The van der Waals surface area contributed by atoms with Crippen LogP contribution in [-0.4, -0.2) is 27.3 Å². The first-order valence-electron chi connectivity index (χ1n) is 4.72. The van der Waals surface area contributed by atoms with E-state index >= 15 is 0 Å². The van der Waals surface area contributed by atoms with Gasteiger partial charge in [0.2, 0.25) is 5.17 Å². The molecule has 0 atom stereocenters. The Morgan fingerprint density at radius 2 is 2.50 bits per heavy atom. The molecule has 1 aromatic heterocycles. The van der Waals surface area contributed by atoms with Crippen molar-refractivity contribution < 1.29 is 0 Å². The van der Waals surface area contributed by atoms with Gasteiger partial charge < -0.3 is 4.90 Å². The first-order chi connectivity index (χ1) is 7.79. The highest BCUT2D eigenvalue weighted by Gasteiger charge is 2.21. The Balaban J connectivity index is 2.07. The lowest BCUT2D eigenvalue weighted by Crippen LogP contribution is -2.23. The molecule has 1 aliphatic rings. The zero-order valence-corrected chi connectivity index (χ0v) is 10.0. The third-order valence-electron chi connectivity index (χ3n) is 2.16. The summed E-state index contributed by atoms with van der Waals surface area (Å²) in [6, 6.07) is 3.71. The molecular formula is C10H9ClN4S. The summed E-state index contributed by atoms with van der Waals surface area (Å²) in [5, 5.41) is 5.06. The average Bonchev–Trinajstić information content (AvgIpc) is 2.70. The van der Waals surface area contributed by atoms with E-state index in [1.807, 2.05) is 6.07 Å². The molecule has 0 spiro atoms. The van der Waals surface area contributed by atoms with E-state index < -0.39 is 0 Å². The molecule has 0 aromatic carbocycles. The van der Waals surface area contributed by atoms with Gasteiger partial charge in [-0.3, -0.25) is 0 Å². The molecule has 0 N–H and O–H groups in total. The van der Waals surface area contributed by atoms with Crippen molar-refractivity contribution in [2.24, 2.45) is 5.10 Å². The Kier molecular flexibility index (Phi) is 3.65. The summed E-state index contributed by atoms with van der Waals surface area (Å²) >= 11 is 7.33. The molecule has 0 saturated carbocycles. The van der Waals surface area contributed by atoms with Crippen LogP contribution in [0.2, 0.25) is 5.15 Å². The summed E-state index contributed by atoms with van der Waals surface area (Å²) in [6.07, 6.45) is 1.75. The SMILES string of the molecule is [C-]#[N+]N=C1SCCN1Cc1ccc(Cl)nc1. The molecule has 0 unspecified atom stereocenters. The summed E-state index contributed by atoms with van der Waals surface area (Å²) in [5.74, 6) is 0.982. The van der Waals surface area contributed by atoms with E-state index in [1.54, 1.807) is 24.0 Å². The van der Waals surface area contributed by atoms with E-state index in [9.17, 15) is 0 Å². The second kappa shape index (κ2) is 5.19. The lowest BCUT2D eigenvalue weighted by atomic mass is 10.3. The van der Waals surface area contributed by atoms with Crippen LogP contribution in [0.5, 0.6) is 0 Å². The van der Waals surface area contributed by atoms with Crippen LogP contribution in [0, 0.1) is 6.57 Å². The van der Waals surface area contributed by atoms with Gasteiger partial charge in [-0.05, 0) is 11.6 Å². The maximum atomic E-state index is 6.73. The van der Waals surface area contributed by atoms with Crippen molar-refractivity contribution in [2.45, 2.75) is 6.54 Å². The minimum atomic E-state index is 0.495. The zero-order chi connectivity index (χ0) is 11.4. The van der Waals surface area contributed by atoms with Crippen molar-refractivity contribution in [3.05, 3.63) is 40.6 Å². The number of hydrogen-bond donors (Lipinski definition) is 0. The molecule has 0 amide bonds. The summed E-state index contributed by atoms with van der Waals surface area (Å²) in [6.45, 7) is 8.38. The molecule has 6 heteroatoms. The van der Waals surface area contributed by atoms with Crippen molar-refractivity contribution >= 4 is 28.5 Å². The number of aromatic nitrogens is 1. The van der Waals surface area contributed by atoms with Gasteiger partial charge in [0.15, 0.2) is 0 Å². The van der Waals surface area contributed by atoms with Crippen LogP contribution in [0.1, 0.15) is 5.56 Å². The van der Waals surface area contributed by atoms with Gasteiger partial charge in [-0.2, -0.15) is 6.57 Å². The van der Waals surface area contributed by atoms with Gasteiger partial charge in [-0.1, -0.05) is 29.4 Å². The third-order valence-corrected chi connectivity index (χ3v) is 3.37. The van der Waals surface area contributed by atoms with Gasteiger partial charge >= 0.3 is 0 Å². The molecule has 1 fully saturated rings. The fraction of sp³-hybridized carbons (Fsp3) is 0.300. The number of hydrogen-bond acceptors (Lipinski definition) is 3. The van der Waals surface area contributed by atoms with Gasteiger partial charge in [0, 0.05) is 25.0 Å². The highest BCUT2D eigenvalue weighted by molar-refractivity contribution is 8.14. The van der Waals surface area contributed by atoms with Crippen LogP contribution in [0.4, 0.5) is 0 Å². The molecule has 1 aromatic rings. The molecule has 1 saturated heterocycles. The molecule has 0 bridgehead atoms. The minimum absolute atomic E-state index is 0.495. The van der Waals surface area contributed by atoms with E-state index in [2.05, 4.69) is 19.9 Å². The van der Waals surface area contributed by atoms with Crippen LogP contribution < -0.4 is 0 Å². The first-order valence-corrected chi connectivity index (χ1v) is 6.08. The van der Waals surface area contributed by atoms with Crippen LogP contribution in [0.25, 0.3) is 4.95 Å². The van der Waals surface area contributed by atoms with Crippen molar-refractivity contribution in [2.75, 3.05) is 12.3 Å². The Bertz CT molecular complexity index is 437. The standard InChI is InChI=1S/C10H9ClN4S/c1-12-14-10-15(4-5-16-10)7-8-2-3-9(11)13-6-8/h2-3,6H,4-5,7H2. The third kappa shape index (κ3) is 2.65. The second-order valence-electron chi connectivity index (χ2n) is 3.24. The Morgan fingerprint density at radius 3 is 3.19 bits per heavy atom. The Hall–Kier alpha value is -1.25. The smallest absolute Gasteiger partial charge is 0.247 e. The molecule has 2 rings (SSSR count). The van der Waals surface area contributed by atoms with E-state index in [0.29, 0.717) is 5.15 Å². The lowest BCUT2D eigenvalue weighted by Gasteiger charge is -2.14. The normalized spacial score (nSPS) is 17.8. The monoisotopic (exact) mass is 252 g/mol. The largest absolute Gasteiger partial charge is 0.340 e. The van der Waals surface area contributed by atoms with Crippen LogP contribution in [-0.2, 0) is 6.54 Å². The topological polar surface area (TPSA) is 32.9 Å². The van der Waals surface area contributed by atoms with E-state index in [4.69, 9.17) is 18.2 Å². The summed E-state index contributed by atoms with van der Waals surface area (Å²) in [4.78, 5) is 9.16. The molecule has 16 heavy (non-hydrogen) atoms. The maximum Gasteiger partial charge on any atom is 0.247 e. The number of rotatable bonds is 2. The van der Waals surface area contributed by atoms with Crippen molar-refractivity contribution in [1.82, 2.24) is 9.88 Å². The van der Waals surface area contributed by atoms with E-state index in [0.717, 1.165) is 29.6 Å². The average molecular weight is 253 g/mol. The predicted octanol–water partition coefficient (Wildman–Crippen LogP) is 2.47. The highest BCUT2D eigenvalue weighted by Crippen LogP contribution is 2.20. The minimum Gasteiger partial charge on any atom is -0.340 e. The van der Waals surface area contributed by atoms with Crippen LogP contribution in [0.3, 0.4) is 0 Å². The summed E-state index contributed by atoms with van der Waals surface area (Å²) < 4.78 is 0. The molecule has 4 nitrogen and oxygen atoms in total. The van der Waals surface area contributed by atoms with E-state index in [1.165, 1.54) is 0 Å². The second-order valence-corrected chi connectivity index (χ2v) is 4.69. The summed E-state index contributed by atoms with van der Waals surface area (Å²) in [7, 11) is 0. The molecule has 2 heterocycles. The number of thioether (sulfide) groups is 1. The molecule has 82 valence electrons. The van der Waals surface area contributed by atoms with Gasteiger partial charge in [0.1, 0.15) is 10.3 Å². The van der Waals surface area contributed by atoms with Gasteiger partial charge in [0.05, 0.1) is 0 Å². The van der Waals surface area contributed by atoms with Crippen molar-refractivity contribution in [3.63, 3.8) is 0 Å². The number of pyridine rings is 1. The van der Waals surface area contributed by atoms with Gasteiger partial charge in [0.25, 0.3) is 0 Å². The van der Waals surface area contributed by atoms with Crippen LogP contribution in [0.15, 0.2) is 23.4 Å². The lowest BCUT2D eigenvalue weighted by molar-refractivity contribution is 0.456. The molecular weight excluding hydrogens is 244 g/mol. The number of amidine groups is 1. The fourth-order valence-corrected chi connectivity index (χ4v) is 2.48. The fourth-order valence-electron chi connectivity index (χ4n) is 1.44. The Morgan fingerprint density at radius 1 is 1.62 bits per heavy atom.